The molecule has 64 valence electrons. The lowest BCUT2D eigenvalue weighted by Crippen LogP contribution is -2.34. The van der Waals surface area contributed by atoms with Crippen LogP contribution in [0.15, 0.2) is 0 Å². The molecule has 0 aromatic carbocycles. The Balaban J connectivity index is 2.04. The Morgan fingerprint density at radius 2 is 2.27 bits per heavy atom. The molecule has 1 nitrogen and oxygen atoms in total. The van der Waals surface area contributed by atoms with E-state index >= 15 is 0 Å². The van der Waals surface area contributed by atoms with E-state index in [9.17, 15) is 0 Å². The van der Waals surface area contributed by atoms with Crippen molar-refractivity contribution < 1.29 is 4.74 Å². The molecule has 0 spiro atoms. The summed E-state index contributed by atoms with van der Waals surface area (Å²) in [6, 6.07) is 0. The molecule has 2 bridgehead atoms. The van der Waals surface area contributed by atoms with Crippen LogP contribution in [0.1, 0.15) is 39.5 Å². The Bertz CT molecular complexity index is 155. The standard InChI is InChI=1S/C10H18O/c1-3-11-10(2)7-8-4-5-9(10)6-8/h8-9H,3-7H2,1-2H3. The van der Waals surface area contributed by atoms with E-state index in [-0.39, 0.29) is 5.60 Å². The predicted molar refractivity (Wildman–Crippen MR) is 45.5 cm³/mol. The molecule has 0 aromatic rings. The van der Waals surface area contributed by atoms with Crippen molar-refractivity contribution in [1.29, 1.82) is 0 Å². The number of ether oxygens (including phenoxy) is 1. The molecule has 0 N–H and O–H groups in total. The minimum absolute atomic E-state index is 0.262. The van der Waals surface area contributed by atoms with Gasteiger partial charge in [-0.2, -0.15) is 0 Å². The molecule has 2 rings (SSSR count). The summed E-state index contributed by atoms with van der Waals surface area (Å²) in [5.74, 6) is 1.88. The average molecular weight is 154 g/mol. The molecule has 1 heteroatoms. The Hall–Kier alpha value is -0.0400. The summed E-state index contributed by atoms with van der Waals surface area (Å²) in [4.78, 5) is 0. The van der Waals surface area contributed by atoms with Gasteiger partial charge in [0.05, 0.1) is 5.60 Å². The van der Waals surface area contributed by atoms with E-state index < -0.39 is 0 Å². The SMILES string of the molecule is CCOC1(C)CC2CCC1C2. The minimum Gasteiger partial charge on any atom is -0.375 e. The van der Waals surface area contributed by atoms with Crippen LogP contribution in [0.3, 0.4) is 0 Å². The van der Waals surface area contributed by atoms with Gasteiger partial charge >= 0.3 is 0 Å². The van der Waals surface area contributed by atoms with Gasteiger partial charge in [0.2, 0.25) is 0 Å². The fourth-order valence-electron chi connectivity index (χ4n) is 3.06. The third-order valence-corrected chi connectivity index (χ3v) is 3.57. The summed E-state index contributed by atoms with van der Waals surface area (Å²) < 4.78 is 5.82. The average Bonchev–Trinajstić information content (AvgIpc) is 2.45. The van der Waals surface area contributed by atoms with Gasteiger partial charge in [-0.3, -0.25) is 0 Å². The first-order valence-corrected chi connectivity index (χ1v) is 4.88. The highest BCUT2D eigenvalue weighted by atomic mass is 16.5. The third kappa shape index (κ3) is 1.10. The van der Waals surface area contributed by atoms with Gasteiger partial charge in [-0.1, -0.05) is 0 Å². The highest BCUT2D eigenvalue weighted by molar-refractivity contribution is 4.99. The van der Waals surface area contributed by atoms with Crippen LogP contribution in [0.4, 0.5) is 0 Å². The van der Waals surface area contributed by atoms with Crippen LogP contribution in [-0.4, -0.2) is 12.2 Å². The number of rotatable bonds is 2. The number of hydrogen-bond acceptors (Lipinski definition) is 1. The first-order valence-electron chi connectivity index (χ1n) is 4.88. The first kappa shape index (κ1) is 7.60. The first-order chi connectivity index (χ1) is 5.24. The normalized spacial score (nSPS) is 48.5. The van der Waals surface area contributed by atoms with Crippen LogP contribution in [0.2, 0.25) is 0 Å². The smallest absolute Gasteiger partial charge is 0.0685 e. The summed E-state index contributed by atoms with van der Waals surface area (Å²) in [5, 5.41) is 0. The fraction of sp³-hybridized carbons (Fsp3) is 1.00. The van der Waals surface area contributed by atoms with Gasteiger partial charge in [-0.05, 0) is 51.4 Å². The molecule has 3 unspecified atom stereocenters. The molecule has 2 aliphatic rings. The van der Waals surface area contributed by atoms with E-state index in [0.29, 0.717) is 0 Å². The van der Waals surface area contributed by atoms with Gasteiger partial charge in [-0.15, -0.1) is 0 Å². The van der Waals surface area contributed by atoms with E-state index in [2.05, 4.69) is 13.8 Å². The molecule has 2 saturated carbocycles. The second-order valence-corrected chi connectivity index (χ2v) is 4.33. The lowest BCUT2D eigenvalue weighted by Gasteiger charge is -2.33. The molecule has 11 heavy (non-hydrogen) atoms. The van der Waals surface area contributed by atoms with Gasteiger partial charge in [0.15, 0.2) is 0 Å². The summed E-state index contributed by atoms with van der Waals surface area (Å²) in [6.07, 6.45) is 5.65. The summed E-state index contributed by atoms with van der Waals surface area (Å²) in [5.41, 5.74) is 0.262. The van der Waals surface area contributed by atoms with E-state index in [1.165, 1.54) is 25.7 Å². The van der Waals surface area contributed by atoms with Gasteiger partial charge in [-0.25, -0.2) is 0 Å². The summed E-state index contributed by atoms with van der Waals surface area (Å²) >= 11 is 0. The number of fused-ring (bicyclic) bond motifs is 2. The van der Waals surface area contributed by atoms with Gasteiger partial charge < -0.3 is 4.74 Å². The van der Waals surface area contributed by atoms with Gasteiger partial charge in [0.1, 0.15) is 0 Å². The molecule has 0 aliphatic heterocycles. The van der Waals surface area contributed by atoms with E-state index in [0.717, 1.165) is 18.4 Å². The van der Waals surface area contributed by atoms with Crippen molar-refractivity contribution in [3.8, 4) is 0 Å². The van der Waals surface area contributed by atoms with Crippen molar-refractivity contribution in [1.82, 2.24) is 0 Å². The second-order valence-electron chi connectivity index (χ2n) is 4.33. The zero-order valence-corrected chi connectivity index (χ0v) is 7.60. The lowest BCUT2D eigenvalue weighted by molar-refractivity contribution is -0.0635. The Labute approximate surface area is 69.1 Å². The Kier molecular flexibility index (Phi) is 1.71. The Morgan fingerprint density at radius 1 is 1.45 bits per heavy atom. The van der Waals surface area contributed by atoms with E-state index in [1.54, 1.807) is 0 Å². The molecule has 2 fully saturated rings. The molecular weight excluding hydrogens is 136 g/mol. The molecule has 0 radical (unpaired) electrons. The van der Waals surface area contributed by atoms with Crippen LogP contribution >= 0.6 is 0 Å². The maximum absolute atomic E-state index is 5.82. The monoisotopic (exact) mass is 154 g/mol. The van der Waals surface area contributed by atoms with Gasteiger partial charge in [0, 0.05) is 6.61 Å². The van der Waals surface area contributed by atoms with E-state index in [4.69, 9.17) is 4.74 Å². The van der Waals surface area contributed by atoms with Crippen LogP contribution in [-0.2, 0) is 4.74 Å². The zero-order chi connectivity index (χ0) is 7.90. The van der Waals surface area contributed by atoms with Crippen molar-refractivity contribution in [3.05, 3.63) is 0 Å². The molecule has 0 saturated heterocycles. The van der Waals surface area contributed by atoms with Crippen LogP contribution in [0.25, 0.3) is 0 Å². The summed E-state index contributed by atoms with van der Waals surface area (Å²) in [7, 11) is 0. The third-order valence-electron chi connectivity index (χ3n) is 3.57. The Morgan fingerprint density at radius 3 is 2.73 bits per heavy atom. The van der Waals surface area contributed by atoms with Crippen molar-refractivity contribution in [2.24, 2.45) is 11.8 Å². The fourth-order valence-corrected chi connectivity index (χ4v) is 3.06. The summed E-state index contributed by atoms with van der Waals surface area (Å²) in [6.45, 7) is 5.30. The van der Waals surface area contributed by atoms with Crippen molar-refractivity contribution >= 4 is 0 Å². The van der Waals surface area contributed by atoms with Crippen molar-refractivity contribution in [2.45, 2.75) is 45.1 Å². The predicted octanol–water partition coefficient (Wildman–Crippen LogP) is 2.60. The zero-order valence-electron chi connectivity index (χ0n) is 7.60. The molecule has 0 amide bonds. The highest BCUT2D eigenvalue weighted by Gasteiger charge is 2.48. The molecule has 0 heterocycles. The largest absolute Gasteiger partial charge is 0.375 e. The molecule has 3 atom stereocenters. The maximum Gasteiger partial charge on any atom is 0.0685 e. The van der Waals surface area contributed by atoms with E-state index in [1.807, 2.05) is 0 Å². The van der Waals surface area contributed by atoms with Crippen LogP contribution in [0, 0.1) is 11.8 Å². The topological polar surface area (TPSA) is 9.23 Å². The van der Waals surface area contributed by atoms with Gasteiger partial charge in [0.25, 0.3) is 0 Å². The quantitative estimate of drug-likeness (QED) is 0.594. The van der Waals surface area contributed by atoms with Crippen molar-refractivity contribution in [2.75, 3.05) is 6.61 Å². The van der Waals surface area contributed by atoms with Crippen molar-refractivity contribution in [3.63, 3.8) is 0 Å². The maximum atomic E-state index is 5.82. The minimum atomic E-state index is 0.262. The highest BCUT2D eigenvalue weighted by Crippen LogP contribution is 2.52. The van der Waals surface area contributed by atoms with Crippen LogP contribution < -0.4 is 0 Å². The number of hydrogen-bond donors (Lipinski definition) is 0. The second kappa shape index (κ2) is 2.48. The van der Waals surface area contributed by atoms with Crippen LogP contribution in [0.5, 0.6) is 0 Å². The molecular formula is C10H18O. The molecule has 0 aromatic heterocycles. The molecule has 2 aliphatic carbocycles. The lowest BCUT2D eigenvalue weighted by atomic mass is 9.86.